The molecule has 0 saturated heterocycles. The summed E-state index contributed by atoms with van der Waals surface area (Å²) < 4.78 is 5.57. The van der Waals surface area contributed by atoms with Crippen LogP contribution in [-0.2, 0) is 0 Å². The zero-order valence-electron chi connectivity index (χ0n) is 12.4. The van der Waals surface area contributed by atoms with Gasteiger partial charge in [0.1, 0.15) is 18.5 Å². The summed E-state index contributed by atoms with van der Waals surface area (Å²) in [7, 11) is 0. The summed E-state index contributed by atoms with van der Waals surface area (Å²) >= 11 is 0. The van der Waals surface area contributed by atoms with Gasteiger partial charge in [0.2, 0.25) is 0 Å². The molecule has 2 rings (SSSR count). The van der Waals surface area contributed by atoms with Crippen molar-refractivity contribution in [2.45, 2.75) is 51.2 Å². The molecule has 1 aliphatic carbocycles. The molecule has 112 valence electrons. The van der Waals surface area contributed by atoms with E-state index in [0.29, 0.717) is 25.1 Å². The van der Waals surface area contributed by atoms with Gasteiger partial charge in [0.25, 0.3) is 0 Å². The average molecular weight is 277 g/mol. The second kappa shape index (κ2) is 8.28. The molecule has 1 saturated carbocycles. The Labute approximate surface area is 122 Å². The van der Waals surface area contributed by atoms with Crippen molar-refractivity contribution in [1.29, 1.82) is 0 Å². The van der Waals surface area contributed by atoms with Crippen molar-refractivity contribution in [1.82, 2.24) is 5.32 Å². The molecule has 20 heavy (non-hydrogen) atoms. The van der Waals surface area contributed by atoms with Crippen LogP contribution in [0.25, 0.3) is 0 Å². The zero-order valence-corrected chi connectivity index (χ0v) is 12.4. The van der Waals surface area contributed by atoms with Gasteiger partial charge in [-0.3, -0.25) is 0 Å². The van der Waals surface area contributed by atoms with Gasteiger partial charge < -0.3 is 15.2 Å². The highest BCUT2D eigenvalue weighted by Crippen LogP contribution is 2.22. The van der Waals surface area contributed by atoms with Crippen molar-refractivity contribution in [2.75, 3.05) is 13.2 Å². The van der Waals surface area contributed by atoms with Gasteiger partial charge in [-0.05, 0) is 30.9 Å². The highest BCUT2D eigenvalue weighted by molar-refractivity contribution is 5.20. The molecule has 3 atom stereocenters. The molecule has 3 heteroatoms. The van der Waals surface area contributed by atoms with Crippen LogP contribution < -0.4 is 10.1 Å². The molecule has 0 aliphatic heterocycles. The van der Waals surface area contributed by atoms with E-state index in [2.05, 4.69) is 12.2 Å². The molecule has 1 aromatic carbocycles. The van der Waals surface area contributed by atoms with Crippen LogP contribution >= 0.6 is 0 Å². The van der Waals surface area contributed by atoms with Gasteiger partial charge in [-0.25, -0.2) is 0 Å². The summed E-state index contributed by atoms with van der Waals surface area (Å²) in [6.45, 7) is 3.27. The van der Waals surface area contributed by atoms with Gasteiger partial charge in [0, 0.05) is 12.6 Å². The zero-order chi connectivity index (χ0) is 14.2. The Balaban J connectivity index is 1.67. The Bertz CT molecular complexity index is 369. The summed E-state index contributed by atoms with van der Waals surface area (Å²) in [4.78, 5) is 0. The van der Waals surface area contributed by atoms with E-state index in [4.69, 9.17) is 4.74 Å². The number of aliphatic hydroxyl groups is 1. The summed E-state index contributed by atoms with van der Waals surface area (Å²) in [5, 5.41) is 13.5. The van der Waals surface area contributed by atoms with Crippen LogP contribution in [0.4, 0.5) is 0 Å². The minimum absolute atomic E-state index is 0.345. The highest BCUT2D eigenvalue weighted by atomic mass is 16.5. The molecule has 1 aromatic rings. The maximum atomic E-state index is 10.0. The lowest BCUT2D eigenvalue weighted by molar-refractivity contribution is 0.101. The number of nitrogens with one attached hydrogen (secondary N) is 1. The second-order valence-corrected chi connectivity index (χ2v) is 5.91. The fourth-order valence-corrected chi connectivity index (χ4v) is 2.85. The van der Waals surface area contributed by atoms with Crippen LogP contribution in [0.1, 0.15) is 39.0 Å². The van der Waals surface area contributed by atoms with E-state index in [1.165, 1.54) is 32.1 Å². The lowest BCUT2D eigenvalue weighted by atomic mass is 9.97. The van der Waals surface area contributed by atoms with E-state index in [1.54, 1.807) is 0 Å². The van der Waals surface area contributed by atoms with Crippen molar-refractivity contribution in [3.8, 4) is 5.75 Å². The molecule has 3 unspecified atom stereocenters. The largest absolute Gasteiger partial charge is 0.491 e. The third-order valence-electron chi connectivity index (χ3n) is 4.16. The molecule has 0 radical (unpaired) electrons. The van der Waals surface area contributed by atoms with Gasteiger partial charge in [0.05, 0.1) is 0 Å². The fraction of sp³-hybridized carbons (Fsp3) is 0.647. The minimum Gasteiger partial charge on any atom is -0.491 e. The van der Waals surface area contributed by atoms with Gasteiger partial charge in [-0.1, -0.05) is 44.4 Å². The number of aliphatic hydroxyl groups excluding tert-OH is 1. The Morgan fingerprint density at radius 2 is 1.95 bits per heavy atom. The van der Waals surface area contributed by atoms with Crippen LogP contribution in [0.2, 0.25) is 0 Å². The number of benzene rings is 1. The Hall–Kier alpha value is -1.06. The number of hydrogen-bond acceptors (Lipinski definition) is 3. The molecule has 0 spiro atoms. The van der Waals surface area contributed by atoms with Gasteiger partial charge in [-0.2, -0.15) is 0 Å². The van der Waals surface area contributed by atoms with Crippen molar-refractivity contribution in [3.05, 3.63) is 30.3 Å². The summed E-state index contributed by atoms with van der Waals surface area (Å²) in [5.41, 5.74) is 0. The average Bonchev–Trinajstić information content (AvgIpc) is 2.68. The lowest BCUT2D eigenvalue weighted by Gasteiger charge is -2.24. The molecular formula is C17H27NO2. The Morgan fingerprint density at radius 3 is 2.75 bits per heavy atom. The standard InChI is InChI=1S/C17H27NO2/c1-14-8-4-2-7-11-17(14)18-12-15(19)13-20-16-9-5-3-6-10-16/h3,5-6,9-10,14-15,17-19H,2,4,7-8,11-13H2,1H3. The topological polar surface area (TPSA) is 41.5 Å². The highest BCUT2D eigenvalue weighted by Gasteiger charge is 2.20. The molecular weight excluding hydrogens is 250 g/mol. The molecule has 0 bridgehead atoms. The predicted octanol–water partition coefficient (Wildman–Crippen LogP) is 2.98. The third-order valence-corrected chi connectivity index (χ3v) is 4.16. The summed E-state index contributed by atoms with van der Waals surface area (Å²) in [6, 6.07) is 10.2. The van der Waals surface area contributed by atoms with E-state index in [9.17, 15) is 5.11 Å². The first-order valence-electron chi connectivity index (χ1n) is 7.85. The SMILES string of the molecule is CC1CCCCCC1NCC(O)COc1ccccc1. The van der Waals surface area contributed by atoms with E-state index in [1.807, 2.05) is 30.3 Å². The molecule has 0 amide bonds. The van der Waals surface area contributed by atoms with Crippen LogP contribution in [0.15, 0.2) is 30.3 Å². The molecule has 3 nitrogen and oxygen atoms in total. The van der Waals surface area contributed by atoms with Gasteiger partial charge in [0.15, 0.2) is 0 Å². The fourth-order valence-electron chi connectivity index (χ4n) is 2.85. The summed E-state index contributed by atoms with van der Waals surface area (Å²) in [5.74, 6) is 1.52. The van der Waals surface area contributed by atoms with Crippen molar-refractivity contribution >= 4 is 0 Å². The van der Waals surface area contributed by atoms with E-state index >= 15 is 0 Å². The second-order valence-electron chi connectivity index (χ2n) is 5.91. The number of ether oxygens (including phenoxy) is 1. The normalized spacial score (nSPS) is 24.9. The van der Waals surface area contributed by atoms with E-state index in [0.717, 1.165) is 5.75 Å². The van der Waals surface area contributed by atoms with E-state index in [-0.39, 0.29) is 0 Å². The number of rotatable bonds is 6. The van der Waals surface area contributed by atoms with E-state index < -0.39 is 6.10 Å². The third kappa shape index (κ3) is 5.14. The van der Waals surface area contributed by atoms with Crippen LogP contribution in [0.5, 0.6) is 5.75 Å². The summed E-state index contributed by atoms with van der Waals surface area (Å²) in [6.07, 6.45) is 6.08. The molecule has 1 aliphatic rings. The minimum atomic E-state index is -0.453. The van der Waals surface area contributed by atoms with Gasteiger partial charge >= 0.3 is 0 Å². The first kappa shape index (κ1) is 15.3. The maximum absolute atomic E-state index is 10.0. The first-order valence-corrected chi connectivity index (χ1v) is 7.85. The monoisotopic (exact) mass is 277 g/mol. The quantitative estimate of drug-likeness (QED) is 0.785. The van der Waals surface area contributed by atoms with Crippen molar-refractivity contribution in [2.24, 2.45) is 5.92 Å². The molecule has 2 N–H and O–H groups in total. The Morgan fingerprint density at radius 1 is 1.20 bits per heavy atom. The van der Waals surface area contributed by atoms with Gasteiger partial charge in [-0.15, -0.1) is 0 Å². The lowest BCUT2D eigenvalue weighted by Crippen LogP contribution is -2.40. The van der Waals surface area contributed by atoms with Crippen LogP contribution in [-0.4, -0.2) is 30.4 Å². The molecule has 0 heterocycles. The molecule has 0 aromatic heterocycles. The smallest absolute Gasteiger partial charge is 0.119 e. The number of para-hydroxylation sites is 1. The predicted molar refractivity (Wildman–Crippen MR) is 82.0 cm³/mol. The Kier molecular flexibility index (Phi) is 6.34. The molecule has 1 fully saturated rings. The van der Waals surface area contributed by atoms with Crippen molar-refractivity contribution < 1.29 is 9.84 Å². The van der Waals surface area contributed by atoms with Crippen molar-refractivity contribution in [3.63, 3.8) is 0 Å². The maximum Gasteiger partial charge on any atom is 0.119 e. The van der Waals surface area contributed by atoms with Crippen LogP contribution in [0.3, 0.4) is 0 Å². The first-order chi connectivity index (χ1) is 9.75. The number of hydrogen-bond donors (Lipinski definition) is 2. The van der Waals surface area contributed by atoms with Crippen LogP contribution in [0, 0.1) is 5.92 Å².